The summed E-state index contributed by atoms with van der Waals surface area (Å²) in [4.78, 5) is 46.2. The SMILES string of the molecule is O=C(NC(c1ccccc1)c1cccc(OC(=O)c2cccc(S(=O)(=O)N3CCS[C@H]3C(=O)O[C@@H](Cc3c(Cl)c[nH+]cc3Cl)c3ccc(O)c(OCC4CC4)c3)c2)c1)O[C@H]1CN2CCC1CC2. The van der Waals surface area contributed by atoms with E-state index in [0.29, 0.717) is 57.5 Å². The van der Waals surface area contributed by atoms with Crippen molar-refractivity contribution in [2.75, 3.05) is 38.5 Å². The summed E-state index contributed by atoms with van der Waals surface area (Å²) < 4.78 is 53.6. The minimum atomic E-state index is -4.38. The van der Waals surface area contributed by atoms with Crippen molar-refractivity contribution in [3.63, 3.8) is 0 Å². The number of ether oxygens (including phenoxy) is 4. The molecule has 1 saturated carbocycles. The second kappa shape index (κ2) is 20.5. The zero-order chi connectivity index (χ0) is 46.7. The number of halogens is 2. The van der Waals surface area contributed by atoms with E-state index in [9.17, 15) is 27.9 Å². The number of phenolic OH excluding ortho intramolecular Hbond substituents is 1. The molecule has 1 amide bonds. The molecule has 5 aliphatic rings. The van der Waals surface area contributed by atoms with Crippen molar-refractivity contribution < 1.29 is 51.8 Å². The van der Waals surface area contributed by atoms with Crippen molar-refractivity contribution >= 4 is 63.0 Å². The van der Waals surface area contributed by atoms with Crippen LogP contribution in [-0.4, -0.2) is 90.8 Å². The van der Waals surface area contributed by atoms with Gasteiger partial charge in [-0.15, -0.1) is 11.8 Å². The monoisotopic (exact) mass is 987 g/mol. The number of hydrogen-bond donors (Lipinski definition) is 2. The third-order valence-corrected chi connectivity index (χ3v) is 16.4. The molecule has 1 aliphatic carbocycles. The lowest BCUT2D eigenvalue weighted by Gasteiger charge is -2.43. The Kier molecular flexibility index (Phi) is 14.3. The van der Waals surface area contributed by atoms with Crippen LogP contribution < -0.4 is 19.8 Å². The molecule has 4 aromatic carbocycles. The fraction of sp³-hybridized carbons (Fsp3) is 0.347. The molecule has 14 nitrogen and oxygen atoms in total. The maximum Gasteiger partial charge on any atom is 0.408 e. The zero-order valence-corrected chi connectivity index (χ0v) is 39.4. The Balaban J connectivity index is 0.903. The smallest absolute Gasteiger partial charge is 0.408 e. The lowest BCUT2D eigenvalue weighted by molar-refractivity contribution is -0.377. The number of aromatic amines is 1. The second-order valence-corrected chi connectivity index (χ2v) is 21.0. The van der Waals surface area contributed by atoms with E-state index in [4.69, 9.17) is 42.1 Å². The Hall–Kier alpha value is -5.36. The highest BCUT2D eigenvalue weighted by Crippen LogP contribution is 2.39. The third kappa shape index (κ3) is 11.0. The summed E-state index contributed by atoms with van der Waals surface area (Å²) in [6.45, 7) is 3.17. The van der Waals surface area contributed by atoms with Gasteiger partial charge in [0.15, 0.2) is 29.3 Å². The van der Waals surface area contributed by atoms with Crippen molar-refractivity contribution in [2.24, 2.45) is 11.8 Å². The molecule has 18 heteroatoms. The molecule has 4 saturated heterocycles. The number of piperidine rings is 3. The van der Waals surface area contributed by atoms with Crippen molar-refractivity contribution in [1.82, 2.24) is 14.5 Å². The number of aromatic hydroxyl groups is 1. The molecule has 1 aromatic heterocycles. The van der Waals surface area contributed by atoms with E-state index in [1.165, 1.54) is 30.3 Å². The first kappa shape index (κ1) is 46.7. The highest BCUT2D eigenvalue weighted by Gasteiger charge is 2.43. The number of alkyl carbamates (subject to hydrolysis) is 1. The van der Waals surface area contributed by atoms with Gasteiger partial charge in [0.1, 0.15) is 28.0 Å². The van der Waals surface area contributed by atoms with Crippen LogP contribution in [0.1, 0.15) is 70.4 Å². The summed E-state index contributed by atoms with van der Waals surface area (Å²) in [6.07, 6.45) is 5.45. The Morgan fingerprint density at radius 1 is 0.851 bits per heavy atom. The van der Waals surface area contributed by atoms with E-state index in [0.717, 1.165) is 60.4 Å². The number of hydrogen-bond acceptors (Lipinski definition) is 12. The normalized spacial score (nSPS) is 21.2. The summed E-state index contributed by atoms with van der Waals surface area (Å²) in [5, 5.41) is 12.9. The molecule has 67 heavy (non-hydrogen) atoms. The number of rotatable bonds is 16. The van der Waals surface area contributed by atoms with Gasteiger partial charge < -0.3 is 29.4 Å². The van der Waals surface area contributed by atoms with Gasteiger partial charge in [-0.3, -0.25) is 4.90 Å². The van der Waals surface area contributed by atoms with Crippen LogP contribution in [0.3, 0.4) is 0 Å². The fourth-order valence-corrected chi connectivity index (χ4v) is 12.3. The summed E-state index contributed by atoms with van der Waals surface area (Å²) >= 11 is 14.2. The maximum atomic E-state index is 14.4. The number of sulfonamides is 1. The summed E-state index contributed by atoms with van der Waals surface area (Å²) in [6, 6.07) is 25.6. The molecule has 0 spiro atoms. The van der Waals surface area contributed by atoms with Gasteiger partial charge in [-0.05, 0) is 110 Å². The maximum absolute atomic E-state index is 14.4. The van der Waals surface area contributed by atoms with E-state index in [1.807, 2.05) is 36.4 Å². The van der Waals surface area contributed by atoms with Crippen LogP contribution >= 0.6 is 35.0 Å². The highest BCUT2D eigenvalue weighted by molar-refractivity contribution is 8.02. The second-order valence-electron chi connectivity index (χ2n) is 17.1. The topological polar surface area (TPSA) is 175 Å². The summed E-state index contributed by atoms with van der Waals surface area (Å²) in [5.74, 6) is -0.297. The summed E-state index contributed by atoms with van der Waals surface area (Å²) in [7, 11) is -4.38. The summed E-state index contributed by atoms with van der Waals surface area (Å²) in [5.41, 5.74) is 2.34. The van der Waals surface area contributed by atoms with Gasteiger partial charge in [0.2, 0.25) is 10.0 Å². The number of nitrogens with zero attached hydrogens (tertiary/aromatic N) is 2. The molecule has 10 rings (SSSR count). The number of benzene rings is 4. The van der Waals surface area contributed by atoms with Crippen LogP contribution in [0.5, 0.6) is 17.2 Å². The molecule has 5 fully saturated rings. The van der Waals surface area contributed by atoms with Crippen LogP contribution in [0, 0.1) is 11.8 Å². The molecule has 1 unspecified atom stereocenters. The van der Waals surface area contributed by atoms with Crippen molar-refractivity contribution in [2.45, 2.75) is 60.6 Å². The van der Waals surface area contributed by atoms with Crippen LogP contribution in [-0.2, 0) is 30.7 Å². The molecule has 3 N–H and O–H groups in total. The average molecular weight is 989 g/mol. The highest BCUT2D eigenvalue weighted by atomic mass is 35.5. The number of fused-ring (bicyclic) bond motifs is 3. The first-order valence-electron chi connectivity index (χ1n) is 22.2. The zero-order valence-electron chi connectivity index (χ0n) is 36.2. The van der Waals surface area contributed by atoms with Crippen LogP contribution in [0.25, 0.3) is 0 Å². The molecular weight excluding hydrogens is 940 g/mol. The van der Waals surface area contributed by atoms with E-state index < -0.39 is 45.6 Å². The average Bonchev–Trinajstić information content (AvgIpc) is 4.03. The molecular formula is C49H49Cl2N4O10S2+. The Labute approximate surface area is 402 Å². The predicted octanol–water partition coefficient (Wildman–Crippen LogP) is 8.02. The first-order chi connectivity index (χ1) is 32.4. The van der Waals surface area contributed by atoms with Gasteiger partial charge in [0, 0.05) is 30.8 Å². The lowest BCUT2D eigenvalue weighted by atomic mass is 9.86. The number of nitrogens with one attached hydrogen (secondary N) is 2. The van der Waals surface area contributed by atoms with E-state index in [2.05, 4.69) is 15.2 Å². The lowest BCUT2D eigenvalue weighted by Crippen LogP contribution is -2.52. The molecule has 4 atom stereocenters. The largest absolute Gasteiger partial charge is 0.504 e. The molecule has 2 bridgehead atoms. The number of phenols is 1. The van der Waals surface area contributed by atoms with Gasteiger partial charge in [0.05, 0.1) is 23.1 Å². The molecule has 5 heterocycles. The standard InChI is InChI=1S/C49H48Cl2N4O10S2/c50-39-26-52-27-40(51)38(39)25-42(33-14-15-41(56)43(24-33)62-29-30-12-13-30)64-48(58)46-55(20-21-66-46)67(60,61)37-11-5-9-35(23-37)47(57)63-36-10-4-8-34(22-36)45(32-6-2-1-3-7-32)53-49(59)65-44-28-54-18-16-31(44)17-19-54/h1-11,14-15,22-24,26-27,30-31,42,44-46,56H,12-13,16-21,25,28-29H2,(H,53,59)/p+1/t42-,44-,45?,46-/m0/s1. The quantitative estimate of drug-likeness (QED) is 0.0721. The number of thioether (sulfide) groups is 1. The molecule has 0 radical (unpaired) electrons. The van der Waals surface area contributed by atoms with Crippen LogP contribution in [0.15, 0.2) is 114 Å². The van der Waals surface area contributed by atoms with Gasteiger partial charge in [-0.1, -0.05) is 77.8 Å². The Morgan fingerprint density at radius 2 is 1.60 bits per heavy atom. The van der Waals surface area contributed by atoms with Gasteiger partial charge in [0.25, 0.3) is 0 Å². The number of esters is 2. The van der Waals surface area contributed by atoms with Crippen LogP contribution in [0.4, 0.5) is 4.79 Å². The predicted molar refractivity (Wildman–Crippen MR) is 251 cm³/mol. The number of H-pyrrole nitrogens is 1. The van der Waals surface area contributed by atoms with E-state index in [-0.39, 0.29) is 46.8 Å². The minimum absolute atomic E-state index is 0.00667. The fourth-order valence-electron chi connectivity index (χ4n) is 8.69. The molecule has 350 valence electrons. The number of amides is 1. The van der Waals surface area contributed by atoms with Crippen molar-refractivity contribution in [1.29, 1.82) is 0 Å². The number of aromatic nitrogens is 1. The van der Waals surface area contributed by atoms with E-state index in [1.54, 1.807) is 42.7 Å². The van der Waals surface area contributed by atoms with Gasteiger partial charge in [-0.2, -0.15) is 4.31 Å². The van der Waals surface area contributed by atoms with Gasteiger partial charge >= 0.3 is 18.0 Å². The van der Waals surface area contributed by atoms with Crippen LogP contribution in [0.2, 0.25) is 10.0 Å². The van der Waals surface area contributed by atoms with E-state index >= 15 is 0 Å². The Bertz CT molecular complexity index is 2720. The van der Waals surface area contributed by atoms with Gasteiger partial charge in [-0.25, -0.2) is 27.8 Å². The number of carbonyl (C=O) groups excluding carboxylic acids is 3. The Morgan fingerprint density at radius 3 is 2.33 bits per heavy atom. The molecule has 5 aromatic rings. The third-order valence-electron chi connectivity index (χ3n) is 12.6. The van der Waals surface area contributed by atoms with Crippen molar-refractivity contribution in [3.05, 3.63) is 147 Å². The number of pyridine rings is 1. The molecule has 4 aliphatic heterocycles. The first-order valence-corrected chi connectivity index (χ1v) is 25.4. The number of carbonyl (C=O) groups is 3. The van der Waals surface area contributed by atoms with Crippen molar-refractivity contribution in [3.8, 4) is 17.2 Å². The minimum Gasteiger partial charge on any atom is -0.504 e.